The number of hydrogen-bond acceptors (Lipinski definition) is 5. The van der Waals surface area contributed by atoms with Crippen molar-refractivity contribution >= 4 is 22.1 Å². The van der Waals surface area contributed by atoms with Gasteiger partial charge in [-0.3, -0.25) is 4.99 Å². The van der Waals surface area contributed by atoms with Crippen LogP contribution in [0.15, 0.2) is 39.8 Å². The number of nitrogens with zero attached hydrogens (tertiary/aromatic N) is 1. The van der Waals surface area contributed by atoms with E-state index in [2.05, 4.69) is 20.9 Å². The van der Waals surface area contributed by atoms with Crippen molar-refractivity contribution in [3.05, 3.63) is 45.9 Å². The van der Waals surface area contributed by atoms with E-state index in [0.717, 1.165) is 22.0 Å². The van der Waals surface area contributed by atoms with Crippen LogP contribution in [0.4, 0.5) is 0 Å². The minimum atomic E-state index is 0.655. The maximum atomic E-state index is 5.34. The molecule has 25 heavy (non-hydrogen) atoms. The Morgan fingerprint density at radius 1 is 0.840 bits per heavy atom. The summed E-state index contributed by atoms with van der Waals surface area (Å²) < 4.78 is 22.1. The predicted molar refractivity (Wildman–Crippen MR) is 103 cm³/mol. The molecule has 2 aromatic carbocycles. The van der Waals surface area contributed by atoms with Crippen LogP contribution in [0, 0.1) is 0 Å². The van der Waals surface area contributed by atoms with Crippen molar-refractivity contribution in [1.29, 1.82) is 0 Å². The van der Waals surface area contributed by atoms with Gasteiger partial charge in [0.1, 0.15) is 0 Å². The molecule has 6 heteroatoms. The van der Waals surface area contributed by atoms with Crippen LogP contribution < -0.4 is 18.9 Å². The highest BCUT2D eigenvalue weighted by Gasteiger charge is 2.09. The number of rotatable bonds is 8. The number of halogens is 1. The minimum absolute atomic E-state index is 0.655. The van der Waals surface area contributed by atoms with Crippen molar-refractivity contribution in [3.63, 3.8) is 0 Å². The van der Waals surface area contributed by atoms with E-state index in [9.17, 15) is 0 Å². The van der Waals surface area contributed by atoms with Gasteiger partial charge in [-0.1, -0.05) is 15.9 Å². The van der Waals surface area contributed by atoms with Gasteiger partial charge in [0.2, 0.25) is 0 Å². The fourth-order valence-electron chi connectivity index (χ4n) is 2.38. The summed E-state index contributed by atoms with van der Waals surface area (Å²) in [5, 5.41) is 0. The van der Waals surface area contributed by atoms with Crippen LogP contribution in [0.1, 0.15) is 11.1 Å². The number of benzene rings is 2. The second kappa shape index (κ2) is 9.32. The van der Waals surface area contributed by atoms with Crippen LogP contribution in [0.3, 0.4) is 0 Å². The van der Waals surface area contributed by atoms with Gasteiger partial charge in [-0.25, -0.2) is 0 Å². The van der Waals surface area contributed by atoms with Crippen LogP contribution in [-0.2, 0) is 6.42 Å². The van der Waals surface area contributed by atoms with Crippen molar-refractivity contribution < 1.29 is 18.9 Å². The Bertz CT molecular complexity index is 746. The van der Waals surface area contributed by atoms with Crippen LogP contribution in [0.2, 0.25) is 0 Å². The monoisotopic (exact) mass is 407 g/mol. The molecule has 2 aromatic rings. The van der Waals surface area contributed by atoms with E-state index in [1.807, 2.05) is 36.5 Å². The van der Waals surface area contributed by atoms with Crippen LogP contribution in [0.5, 0.6) is 23.0 Å². The lowest BCUT2D eigenvalue weighted by atomic mass is 10.1. The Kier molecular flexibility index (Phi) is 7.13. The van der Waals surface area contributed by atoms with Gasteiger partial charge in [0.15, 0.2) is 23.0 Å². The maximum absolute atomic E-state index is 5.34. The van der Waals surface area contributed by atoms with Gasteiger partial charge < -0.3 is 18.9 Å². The standard InChI is InChI=1S/C19H22BrNO4/c1-22-16-6-5-13(9-17(16)23-2)12-21-8-7-14-10-18(24-3)19(25-4)11-15(14)20/h5-6,9-12H,7-8H2,1-4H3. The highest BCUT2D eigenvalue weighted by atomic mass is 79.9. The third kappa shape index (κ3) is 4.89. The lowest BCUT2D eigenvalue weighted by Crippen LogP contribution is -1.97. The number of methoxy groups -OCH3 is 4. The van der Waals surface area contributed by atoms with Crippen molar-refractivity contribution in [2.45, 2.75) is 6.42 Å². The van der Waals surface area contributed by atoms with Gasteiger partial charge in [-0.15, -0.1) is 0 Å². The molecule has 0 N–H and O–H groups in total. The predicted octanol–water partition coefficient (Wildman–Crippen LogP) is 4.15. The molecule has 0 atom stereocenters. The molecule has 0 unspecified atom stereocenters. The summed E-state index contributed by atoms with van der Waals surface area (Å²) in [4.78, 5) is 4.49. The maximum Gasteiger partial charge on any atom is 0.161 e. The molecule has 0 heterocycles. The largest absolute Gasteiger partial charge is 0.493 e. The molecule has 134 valence electrons. The summed E-state index contributed by atoms with van der Waals surface area (Å²) >= 11 is 3.57. The Balaban J connectivity index is 2.04. The lowest BCUT2D eigenvalue weighted by Gasteiger charge is -2.11. The first-order valence-electron chi connectivity index (χ1n) is 7.75. The van der Waals surface area contributed by atoms with E-state index in [0.29, 0.717) is 29.5 Å². The van der Waals surface area contributed by atoms with Gasteiger partial charge in [0, 0.05) is 17.2 Å². The van der Waals surface area contributed by atoms with E-state index in [1.165, 1.54) is 0 Å². The first-order chi connectivity index (χ1) is 12.1. The fraction of sp³-hybridized carbons (Fsp3) is 0.316. The van der Waals surface area contributed by atoms with Crippen LogP contribution >= 0.6 is 15.9 Å². The summed E-state index contributed by atoms with van der Waals surface area (Å²) in [6, 6.07) is 9.58. The van der Waals surface area contributed by atoms with E-state index in [4.69, 9.17) is 18.9 Å². The molecule has 0 aliphatic rings. The van der Waals surface area contributed by atoms with Crippen LogP contribution in [0.25, 0.3) is 0 Å². The Hall–Kier alpha value is -2.21. The van der Waals surface area contributed by atoms with Crippen molar-refractivity contribution in [3.8, 4) is 23.0 Å². The van der Waals surface area contributed by atoms with Gasteiger partial charge in [-0.2, -0.15) is 0 Å². The van der Waals surface area contributed by atoms with Gasteiger partial charge >= 0.3 is 0 Å². The molecule has 0 aromatic heterocycles. The molecule has 0 fully saturated rings. The highest BCUT2D eigenvalue weighted by Crippen LogP contribution is 2.33. The average molecular weight is 408 g/mol. The first-order valence-corrected chi connectivity index (χ1v) is 8.54. The Morgan fingerprint density at radius 3 is 2.08 bits per heavy atom. The van der Waals surface area contributed by atoms with Crippen molar-refractivity contribution in [1.82, 2.24) is 0 Å². The first kappa shape index (κ1) is 19.1. The smallest absolute Gasteiger partial charge is 0.161 e. The third-order valence-electron chi connectivity index (χ3n) is 3.71. The van der Waals surface area contributed by atoms with Gasteiger partial charge in [0.05, 0.1) is 28.4 Å². The average Bonchev–Trinajstić information content (AvgIpc) is 2.65. The number of aliphatic imine (C=N–C) groups is 1. The summed E-state index contributed by atoms with van der Waals surface area (Å²) in [5.41, 5.74) is 2.08. The van der Waals surface area contributed by atoms with Crippen molar-refractivity contribution in [2.75, 3.05) is 35.0 Å². The molecular weight excluding hydrogens is 386 g/mol. The molecule has 0 spiro atoms. The summed E-state index contributed by atoms with van der Waals surface area (Å²) in [6.07, 6.45) is 2.61. The van der Waals surface area contributed by atoms with Crippen LogP contribution in [-0.4, -0.2) is 41.2 Å². The second-order valence-electron chi connectivity index (χ2n) is 5.20. The van der Waals surface area contributed by atoms with Crippen molar-refractivity contribution in [2.24, 2.45) is 4.99 Å². The molecule has 0 aliphatic heterocycles. The second-order valence-corrected chi connectivity index (χ2v) is 6.05. The quantitative estimate of drug-likeness (QED) is 0.616. The topological polar surface area (TPSA) is 49.3 Å². The zero-order valence-corrected chi connectivity index (χ0v) is 16.4. The Labute approximate surface area is 156 Å². The molecule has 0 saturated carbocycles. The zero-order valence-electron chi connectivity index (χ0n) is 14.8. The van der Waals surface area contributed by atoms with E-state index < -0.39 is 0 Å². The zero-order chi connectivity index (χ0) is 18.2. The minimum Gasteiger partial charge on any atom is -0.493 e. The number of ether oxygens (including phenoxy) is 4. The van der Waals surface area contributed by atoms with E-state index in [-0.39, 0.29) is 0 Å². The van der Waals surface area contributed by atoms with E-state index >= 15 is 0 Å². The molecule has 0 aliphatic carbocycles. The summed E-state index contributed by atoms with van der Waals surface area (Å²) in [5.74, 6) is 2.81. The SMILES string of the molecule is COc1ccc(C=NCCc2cc(OC)c(OC)cc2Br)cc1OC. The number of hydrogen-bond donors (Lipinski definition) is 0. The molecule has 0 radical (unpaired) electrons. The molecule has 2 rings (SSSR count). The molecule has 0 amide bonds. The highest BCUT2D eigenvalue weighted by molar-refractivity contribution is 9.10. The lowest BCUT2D eigenvalue weighted by molar-refractivity contribution is 0.354. The molecular formula is C19H22BrNO4. The van der Waals surface area contributed by atoms with Gasteiger partial charge in [-0.05, 0) is 47.9 Å². The normalized spacial score (nSPS) is 10.8. The molecule has 0 bridgehead atoms. The summed E-state index contributed by atoms with van der Waals surface area (Å²) in [7, 11) is 6.49. The third-order valence-corrected chi connectivity index (χ3v) is 4.45. The molecule has 0 saturated heterocycles. The summed E-state index contributed by atoms with van der Waals surface area (Å²) in [6.45, 7) is 0.655. The van der Waals surface area contributed by atoms with E-state index in [1.54, 1.807) is 28.4 Å². The fourth-order valence-corrected chi connectivity index (χ4v) is 2.90. The Morgan fingerprint density at radius 2 is 1.44 bits per heavy atom. The van der Waals surface area contributed by atoms with Gasteiger partial charge in [0.25, 0.3) is 0 Å². The molecule has 5 nitrogen and oxygen atoms in total.